The number of fused-ring (bicyclic) bond motifs is 1. The number of halogens is 1. The fourth-order valence-electron chi connectivity index (χ4n) is 7.30. The Morgan fingerprint density at radius 3 is 2.48 bits per heavy atom. The third kappa shape index (κ3) is 3.15. The van der Waals surface area contributed by atoms with Gasteiger partial charge >= 0.3 is 5.97 Å². The molecule has 0 spiro atoms. The van der Waals surface area contributed by atoms with Gasteiger partial charge in [-0.05, 0) is 93.4 Å². The van der Waals surface area contributed by atoms with Gasteiger partial charge in [0.05, 0.1) is 10.4 Å². The van der Waals surface area contributed by atoms with Gasteiger partial charge in [0.1, 0.15) is 11.6 Å². The molecular weight excluding hydrogens is 412 g/mol. The lowest BCUT2D eigenvalue weighted by Gasteiger charge is -2.56. The van der Waals surface area contributed by atoms with Gasteiger partial charge in [-0.2, -0.15) is 0 Å². The van der Waals surface area contributed by atoms with Crippen molar-refractivity contribution in [1.29, 1.82) is 0 Å². The minimum absolute atomic E-state index is 0.213. The number of hydrogen-bond acceptors (Lipinski definition) is 4. The van der Waals surface area contributed by atoms with Crippen molar-refractivity contribution >= 4 is 34.4 Å². The molecule has 31 heavy (non-hydrogen) atoms. The molecular formula is C25H27ClN2O3. The largest absolute Gasteiger partial charge is 0.423 e. The zero-order valence-electron chi connectivity index (χ0n) is 17.6. The number of carbonyl (C=O) groups is 2. The normalized spacial score (nSPS) is 33.8. The van der Waals surface area contributed by atoms with Crippen LogP contribution in [0.5, 0.6) is 5.75 Å². The quantitative estimate of drug-likeness (QED) is 0.499. The van der Waals surface area contributed by atoms with Crippen LogP contribution in [0.15, 0.2) is 30.5 Å². The number of esters is 1. The molecule has 5 fully saturated rings. The summed E-state index contributed by atoms with van der Waals surface area (Å²) >= 11 is 6.27. The molecule has 4 saturated carbocycles. The molecule has 5 aliphatic rings. The van der Waals surface area contributed by atoms with E-state index in [1.54, 1.807) is 18.3 Å². The van der Waals surface area contributed by atoms with Crippen molar-refractivity contribution in [3.05, 3.63) is 35.5 Å². The summed E-state index contributed by atoms with van der Waals surface area (Å²) in [4.78, 5) is 33.2. The van der Waals surface area contributed by atoms with Crippen molar-refractivity contribution in [3.8, 4) is 5.75 Å². The Labute approximate surface area is 187 Å². The molecule has 1 amide bonds. The van der Waals surface area contributed by atoms with E-state index < -0.39 is 6.04 Å². The van der Waals surface area contributed by atoms with E-state index in [0.29, 0.717) is 47.0 Å². The van der Waals surface area contributed by atoms with Gasteiger partial charge in [0.15, 0.2) is 5.75 Å². The van der Waals surface area contributed by atoms with Crippen LogP contribution >= 0.6 is 11.6 Å². The fraction of sp³-hybridized carbons (Fsp3) is 0.560. The van der Waals surface area contributed by atoms with E-state index in [0.717, 1.165) is 31.1 Å². The van der Waals surface area contributed by atoms with E-state index in [4.69, 9.17) is 16.3 Å². The predicted molar refractivity (Wildman–Crippen MR) is 118 cm³/mol. The highest BCUT2D eigenvalue weighted by atomic mass is 35.5. The van der Waals surface area contributed by atoms with E-state index in [2.05, 4.69) is 4.98 Å². The lowest BCUT2D eigenvalue weighted by molar-refractivity contribution is -0.162. The molecule has 1 atom stereocenters. The molecule has 2 heterocycles. The Hall–Kier alpha value is -2.14. The number of pyridine rings is 1. The van der Waals surface area contributed by atoms with Crippen LogP contribution in [0.4, 0.5) is 0 Å². The molecule has 4 aliphatic carbocycles. The first-order valence-corrected chi connectivity index (χ1v) is 12.0. The van der Waals surface area contributed by atoms with Gasteiger partial charge in [-0.1, -0.05) is 11.6 Å². The summed E-state index contributed by atoms with van der Waals surface area (Å²) in [5.41, 5.74) is 0.340. The number of likely N-dealkylation sites (tertiary alicyclic amines) is 1. The highest BCUT2D eigenvalue weighted by Gasteiger charge is 2.57. The van der Waals surface area contributed by atoms with Crippen LogP contribution in [-0.4, -0.2) is 34.3 Å². The van der Waals surface area contributed by atoms with E-state index in [-0.39, 0.29) is 17.3 Å². The second-order valence-corrected chi connectivity index (χ2v) is 10.6. The van der Waals surface area contributed by atoms with E-state index in [1.165, 1.54) is 19.3 Å². The van der Waals surface area contributed by atoms with Crippen LogP contribution < -0.4 is 4.74 Å². The molecule has 0 N–H and O–H groups in total. The van der Waals surface area contributed by atoms with Crippen molar-refractivity contribution in [2.75, 3.05) is 6.54 Å². The lowest BCUT2D eigenvalue weighted by Crippen LogP contribution is -2.56. The van der Waals surface area contributed by atoms with Gasteiger partial charge in [0, 0.05) is 18.1 Å². The number of ether oxygens (including phenoxy) is 1. The molecule has 1 saturated heterocycles. The average molecular weight is 439 g/mol. The van der Waals surface area contributed by atoms with Gasteiger partial charge in [0.25, 0.3) is 0 Å². The molecule has 1 aliphatic heterocycles. The third-order valence-electron chi connectivity index (χ3n) is 8.17. The number of aromatic nitrogens is 1. The minimum Gasteiger partial charge on any atom is -0.423 e. The predicted octanol–water partition coefficient (Wildman–Crippen LogP) is 5.00. The fourth-order valence-corrected chi connectivity index (χ4v) is 7.52. The first-order chi connectivity index (χ1) is 15.0. The molecule has 4 bridgehead atoms. The number of hydrogen-bond donors (Lipinski definition) is 0. The van der Waals surface area contributed by atoms with Crippen LogP contribution in [0.1, 0.15) is 51.4 Å². The van der Waals surface area contributed by atoms with Crippen molar-refractivity contribution in [1.82, 2.24) is 9.88 Å². The number of carbonyl (C=O) groups excluding carboxylic acids is 2. The van der Waals surface area contributed by atoms with Crippen molar-refractivity contribution in [2.45, 2.75) is 57.4 Å². The summed E-state index contributed by atoms with van der Waals surface area (Å²) in [5.74, 6) is 2.37. The third-order valence-corrected chi connectivity index (χ3v) is 8.50. The minimum atomic E-state index is -0.505. The summed E-state index contributed by atoms with van der Waals surface area (Å²) in [7, 11) is 0. The van der Waals surface area contributed by atoms with Gasteiger partial charge in [-0.3, -0.25) is 9.78 Å². The summed E-state index contributed by atoms with van der Waals surface area (Å²) in [6.45, 7) is 0.653. The summed E-state index contributed by atoms with van der Waals surface area (Å²) < 4.78 is 5.81. The summed E-state index contributed by atoms with van der Waals surface area (Å²) in [5, 5.41) is 1.32. The Morgan fingerprint density at radius 1 is 1.06 bits per heavy atom. The van der Waals surface area contributed by atoms with Crippen molar-refractivity contribution in [2.24, 2.45) is 23.2 Å². The first kappa shape index (κ1) is 19.5. The molecule has 0 radical (unpaired) electrons. The molecule has 6 heteroatoms. The average Bonchev–Trinajstić information content (AvgIpc) is 3.24. The van der Waals surface area contributed by atoms with Crippen LogP contribution in [0, 0.1) is 23.2 Å². The highest BCUT2D eigenvalue weighted by Crippen LogP contribution is 2.60. The number of benzene rings is 1. The second-order valence-electron chi connectivity index (χ2n) is 10.2. The van der Waals surface area contributed by atoms with E-state index in [1.807, 2.05) is 17.0 Å². The van der Waals surface area contributed by atoms with Crippen LogP contribution in [0.3, 0.4) is 0 Å². The van der Waals surface area contributed by atoms with Gasteiger partial charge in [0.2, 0.25) is 5.91 Å². The molecule has 162 valence electrons. The Balaban J connectivity index is 1.24. The van der Waals surface area contributed by atoms with Crippen molar-refractivity contribution < 1.29 is 14.3 Å². The van der Waals surface area contributed by atoms with Gasteiger partial charge < -0.3 is 9.64 Å². The Bertz CT molecular complexity index is 1030. The van der Waals surface area contributed by atoms with E-state index >= 15 is 0 Å². The van der Waals surface area contributed by atoms with E-state index in [9.17, 15) is 9.59 Å². The Morgan fingerprint density at radius 2 is 1.77 bits per heavy atom. The first-order valence-electron chi connectivity index (χ1n) is 11.6. The maximum atomic E-state index is 13.8. The molecule has 5 nitrogen and oxygen atoms in total. The van der Waals surface area contributed by atoms with Crippen LogP contribution in [0.2, 0.25) is 5.02 Å². The number of rotatable bonds is 3. The SMILES string of the molecule is O=C(Oc1ccc(Cl)c2cccnc12)[C@@H]1CCCN1C(=O)C12CC3CC(CC(C3)C1)C2. The molecule has 7 rings (SSSR count). The number of amides is 1. The molecule has 0 unspecified atom stereocenters. The molecule has 2 aromatic rings. The standard InChI is InChI=1S/C25H27ClN2O3/c26-19-5-6-21(22-18(19)3-1-7-27-22)31-23(29)20-4-2-8-28(20)24(30)25-12-15-9-16(13-25)11-17(10-15)14-25/h1,3,5-7,15-17,20H,2,4,8-14H2/t15?,16?,17?,20-,25?/m0/s1. The smallest absolute Gasteiger partial charge is 0.334 e. The van der Waals surface area contributed by atoms with Crippen molar-refractivity contribution in [3.63, 3.8) is 0 Å². The molecule has 1 aromatic heterocycles. The van der Waals surface area contributed by atoms with Crippen LogP contribution in [-0.2, 0) is 9.59 Å². The van der Waals surface area contributed by atoms with Gasteiger partial charge in [-0.15, -0.1) is 0 Å². The maximum absolute atomic E-state index is 13.8. The van der Waals surface area contributed by atoms with Crippen LogP contribution in [0.25, 0.3) is 10.9 Å². The zero-order valence-corrected chi connectivity index (χ0v) is 18.3. The summed E-state index contributed by atoms with van der Waals surface area (Å²) in [6.07, 6.45) is 10.1. The topological polar surface area (TPSA) is 59.5 Å². The maximum Gasteiger partial charge on any atom is 0.334 e. The monoisotopic (exact) mass is 438 g/mol. The Kier molecular flexibility index (Phi) is 4.53. The lowest BCUT2D eigenvalue weighted by atomic mass is 9.49. The number of nitrogens with zero attached hydrogens (tertiary/aromatic N) is 2. The highest BCUT2D eigenvalue weighted by molar-refractivity contribution is 6.35. The summed E-state index contributed by atoms with van der Waals surface area (Å²) in [6, 6.07) is 6.58. The van der Waals surface area contributed by atoms with Gasteiger partial charge in [-0.25, -0.2) is 4.79 Å². The molecule has 1 aromatic carbocycles. The second kappa shape index (κ2) is 7.19. The zero-order chi connectivity index (χ0) is 21.2.